The normalized spacial score (nSPS) is 14.1. The molecular weight excluding hydrogens is 278 g/mol. The van der Waals surface area contributed by atoms with Crippen LogP contribution in [0, 0.1) is 0 Å². The third-order valence-electron chi connectivity index (χ3n) is 4.00. The molecule has 132 valence electrons. The molecule has 0 spiro atoms. The molecule has 0 aromatic heterocycles. The number of aliphatic hydroxyl groups is 1. The molecule has 0 aliphatic carbocycles. The van der Waals surface area contributed by atoms with E-state index in [4.69, 9.17) is 4.74 Å². The molecule has 4 nitrogen and oxygen atoms in total. The lowest BCUT2D eigenvalue weighted by Crippen LogP contribution is -2.45. The number of likely N-dealkylation sites (N-methyl/N-ethyl adjacent to an activating group) is 1. The van der Waals surface area contributed by atoms with Crippen LogP contribution in [-0.4, -0.2) is 48.8 Å². The first-order chi connectivity index (χ1) is 10.5. The molecule has 2 unspecified atom stereocenters. The molecule has 4 heteroatoms. The van der Waals surface area contributed by atoms with Gasteiger partial charge in [-0.15, -0.1) is 0 Å². The van der Waals surface area contributed by atoms with Gasteiger partial charge in [-0.05, 0) is 27.4 Å². The minimum atomic E-state index is -0.713. The highest BCUT2D eigenvalue weighted by Crippen LogP contribution is 2.11. The van der Waals surface area contributed by atoms with Crippen molar-refractivity contribution in [2.75, 3.05) is 20.7 Å². The number of hydrogen-bond acceptors (Lipinski definition) is 4. The van der Waals surface area contributed by atoms with E-state index in [1.807, 2.05) is 0 Å². The Hall–Kier alpha value is -0.610. The van der Waals surface area contributed by atoms with Gasteiger partial charge in [-0.2, -0.15) is 0 Å². The maximum absolute atomic E-state index is 11.9. The second-order valence-corrected chi connectivity index (χ2v) is 6.50. The van der Waals surface area contributed by atoms with Gasteiger partial charge >= 0.3 is 5.97 Å². The molecule has 0 aliphatic heterocycles. The molecule has 2 atom stereocenters. The van der Waals surface area contributed by atoms with Gasteiger partial charge in [0, 0.05) is 0 Å². The minimum Gasteiger partial charge on any atom is -0.464 e. The smallest absolute Gasteiger partial charge is 0.326 e. The van der Waals surface area contributed by atoms with Crippen molar-refractivity contribution >= 4 is 5.97 Å². The lowest BCUT2D eigenvalue weighted by atomic mass is 10.1. The van der Waals surface area contributed by atoms with E-state index in [2.05, 4.69) is 6.92 Å². The van der Waals surface area contributed by atoms with Crippen LogP contribution in [0.4, 0.5) is 0 Å². The number of carbonyl (C=O) groups is 1. The van der Waals surface area contributed by atoms with Crippen LogP contribution in [0.1, 0.15) is 78.1 Å². The monoisotopic (exact) mass is 315 g/mol. The minimum absolute atomic E-state index is 0.323. The number of nitrogens with zero attached hydrogens (tertiary/aromatic N) is 1. The van der Waals surface area contributed by atoms with Crippen molar-refractivity contribution < 1.29 is 14.6 Å². The van der Waals surface area contributed by atoms with Gasteiger partial charge in [-0.25, -0.2) is 0 Å². The van der Waals surface area contributed by atoms with E-state index in [0.717, 1.165) is 12.8 Å². The van der Waals surface area contributed by atoms with Crippen molar-refractivity contribution in [2.24, 2.45) is 0 Å². The van der Waals surface area contributed by atoms with E-state index < -0.39 is 12.1 Å². The molecule has 0 radical (unpaired) electrons. The first-order valence-corrected chi connectivity index (χ1v) is 9.01. The summed E-state index contributed by atoms with van der Waals surface area (Å²) in [6, 6.07) is -0.567. The van der Waals surface area contributed by atoms with Crippen molar-refractivity contribution in [3.8, 4) is 0 Å². The molecule has 0 aromatic carbocycles. The van der Waals surface area contributed by atoms with Gasteiger partial charge in [0.1, 0.15) is 6.04 Å². The lowest BCUT2D eigenvalue weighted by molar-refractivity contribution is -0.152. The van der Waals surface area contributed by atoms with Gasteiger partial charge < -0.3 is 9.84 Å². The first kappa shape index (κ1) is 21.4. The average molecular weight is 315 g/mol. The summed E-state index contributed by atoms with van der Waals surface area (Å²) < 4.78 is 5.26. The highest BCUT2D eigenvalue weighted by Gasteiger charge is 2.27. The molecule has 0 amide bonds. The summed E-state index contributed by atoms with van der Waals surface area (Å²) in [6.07, 6.45) is 11.9. The summed E-state index contributed by atoms with van der Waals surface area (Å²) >= 11 is 0. The summed E-state index contributed by atoms with van der Waals surface area (Å²) in [6.45, 7) is 4.33. The van der Waals surface area contributed by atoms with Gasteiger partial charge in [0.2, 0.25) is 0 Å². The Morgan fingerprint density at radius 1 is 0.955 bits per heavy atom. The van der Waals surface area contributed by atoms with Crippen molar-refractivity contribution in [2.45, 2.75) is 90.2 Å². The van der Waals surface area contributed by atoms with Crippen molar-refractivity contribution in [3.63, 3.8) is 0 Å². The zero-order chi connectivity index (χ0) is 16.8. The van der Waals surface area contributed by atoms with Crippen LogP contribution < -0.4 is 0 Å². The largest absolute Gasteiger partial charge is 0.464 e. The third-order valence-corrected chi connectivity index (χ3v) is 4.00. The fraction of sp³-hybridized carbons (Fsp3) is 0.944. The lowest BCUT2D eigenvalue weighted by Gasteiger charge is -2.24. The Morgan fingerprint density at radius 3 is 1.82 bits per heavy atom. The number of hydrogen-bond donors (Lipinski definition) is 1. The predicted octanol–water partition coefficient (Wildman–Crippen LogP) is 3.76. The number of rotatable bonds is 14. The molecule has 0 bridgehead atoms. The second-order valence-electron chi connectivity index (χ2n) is 6.50. The van der Waals surface area contributed by atoms with E-state index in [1.54, 1.807) is 25.9 Å². The molecule has 0 aromatic rings. The molecule has 22 heavy (non-hydrogen) atoms. The summed E-state index contributed by atoms with van der Waals surface area (Å²) in [5.41, 5.74) is 0. The molecule has 0 heterocycles. The first-order valence-electron chi connectivity index (χ1n) is 9.01. The van der Waals surface area contributed by atoms with E-state index in [-0.39, 0.29) is 5.97 Å². The van der Waals surface area contributed by atoms with Crippen LogP contribution in [0.15, 0.2) is 0 Å². The third kappa shape index (κ3) is 11.0. The highest BCUT2D eigenvalue weighted by atomic mass is 16.5. The molecule has 1 N–H and O–H groups in total. The molecule has 0 aliphatic rings. The fourth-order valence-electron chi connectivity index (χ4n) is 2.69. The number of ether oxygens (including phenoxy) is 1. The quantitative estimate of drug-likeness (QED) is 0.392. The molecule has 0 fully saturated rings. The van der Waals surface area contributed by atoms with Gasteiger partial charge in [0.15, 0.2) is 0 Å². The van der Waals surface area contributed by atoms with E-state index in [1.165, 1.54) is 51.4 Å². The highest BCUT2D eigenvalue weighted by molar-refractivity contribution is 5.76. The SMILES string of the molecule is CCCCCCCCCCCCOC(=O)C(C(C)O)N(C)C. The van der Waals surface area contributed by atoms with Gasteiger partial charge in [-0.3, -0.25) is 9.69 Å². The van der Waals surface area contributed by atoms with Crippen LogP contribution >= 0.6 is 0 Å². The number of esters is 1. The maximum atomic E-state index is 11.9. The Bertz CT molecular complexity index is 259. The van der Waals surface area contributed by atoms with Crippen LogP contribution in [0.2, 0.25) is 0 Å². The number of unbranched alkanes of at least 4 members (excludes halogenated alkanes) is 9. The van der Waals surface area contributed by atoms with Crippen LogP contribution in [-0.2, 0) is 9.53 Å². The molecule has 0 saturated carbocycles. The second kappa shape index (κ2) is 14.0. The Morgan fingerprint density at radius 2 is 1.41 bits per heavy atom. The molecule has 0 rings (SSSR count). The maximum Gasteiger partial charge on any atom is 0.326 e. The Labute approximate surface area is 137 Å². The number of carbonyl (C=O) groups excluding carboxylic acids is 1. The predicted molar refractivity (Wildman–Crippen MR) is 92.0 cm³/mol. The van der Waals surface area contributed by atoms with Crippen LogP contribution in [0.5, 0.6) is 0 Å². The summed E-state index contributed by atoms with van der Waals surface area (Å²) in [5, 5.41) is 9.59. The van der Waals surface area contributed by atoms with E-state index in [9.17, 15) is 9.90 Å². The van der Waals surface area contributed by atoms with Crippen LogP contribution in [0.25, 0.3) is 0 Å². The standard InChI is InChI=1S/C18H37NO3/c1-5-6-7-8-9-10-11-12-13-14-15-22-18(21)17(16(2)20)19(3)4/h16-17,20H,5-15H2,1-4H3. The van der Waals surface area contributed by atoms with E-state index >= 15 is 0 Å². The van der Waals surface area contributed by atoms with Gasteiger partial charge in [0.05, 0.1) is 12.7 Å². The van der Waals surface area contributed by atoms with Crippen molar-refractivity contribution in [1.82, 2.24) is 4.90 Å². The van der Waals surface area contributed by atoms with Crippen molar-refractivity contribution in [3.05, 3.63) is 0 Å². The van der Waals surface area contributed by atoms with E-state index in [0.29, 0.717) is 6.61 Å². The number of aliphatic hydroxyl groups excluding tert-OH is 1. The molecule has 0 saturated heterocycles. The van der Waals surface area contributed by atoms with Crippen LogP contribution in [0.3, 0.4) is 0 Å². The van der Waals surface area contributed by atoms with Crippen molar-refractivity contribution in [1.29, 1.82) is 0 Å². The zero-order valence-corrected chi connectivity index (χ0v) is 15.1. The molecular formula is C18H37NO3. The van der Waals surface area contributed by atoms with Gasteiger partial charge in [-0.1, -0.05) is 64.7 Å². The fourth-order valence-corrected chi connectivity index (χ4v) is 2.69. The van der Waals surface area contributed by atoms with Gasteiger partial charge in [0.25, 0.3) is 0 Å². The average Bonchev–Trinajstić information content (AvgIpc) is 2.44. The summed E-state index contributed by atoms with van der Waals surface area (Å²) in [7, 11) is 3.55. The summed E-state index contributed by atoms with van der Waals surface area (Å²) in [5.74, 6) is -0.323. The Balaban J connectivity index is 3.47. The summed E-state index contributed by atoms with van der Waals surface area (Å²) in [4.78, 5) is 13.6. The zero-order valence-electron chi connectivity index (χ0n) is 15.1. The Kier molecular flexibility index (Phi) is 13.6. The topological polar surface area (TPSA) is 49.8 Å².